The molecule has 242 valence electrons. The third kappa shape index (κ3) is 9.20. The number of nitrogens with one attached hydrogen (secondary N) is 4. The first-order valence-corrected chi connectivity index (χ1v) is 16.2. The number of benzene rings is 2. The fourth-order valence-electron chi connectivity index (χ4n) is 6.22. The molecule has 2 fully saturated rings. The first-order chi connectivity index (χ1) is 21.9. The van der Waals surface area contributed by atoms with Crippen LogP contribution in [0.3, 0.4) is 0 Å². The predicted octanol–water partition coefficient (Wildman–Crippen LogP) is 2.12. The average molecular weight is 619 g/mol. The van der Waals surface area contributed by atoms with E-state index >= 15 is 0 Å². The maximum Gasteiger partial charge on any atom is 0.318 e. The molecule has 1 unspecified atom stereocenters. The number of piperazine rings is 1. The molecule has 3 heterocycles. The van der Waals surface area contributed by atoms with Gasteiger partial charge in [-0.3, -0.25) is 14.4 Å². The van der Waals surface area contributed by atoms with Gasteiger partial charge < -0.3 is 35.8 Å². The fourth-order valence-corrected chi connectivity index (χ4v) is 6.22. The number of ether oxygens (including phenoxy) is 1. The Bertz CT molecular complexity index is 1330. The van der Waals surface area contributed by atoms with E-state index in [9.17, 15) is 19.2 Å². The topological polar surface area (TPSA) is 132 Å². The van der Waals surface area contributed by atoms with Gasteiger partial charge in [0.2, 0.25) is 17.7 Å². The molecule has 11 heteroatoms. The van der Waals surface area contributed by atoms with Crippen molar-refractivity contribution in [1.29, 1.82) is 0 Å². The Morgan fingerprint density at radius 2 is 1.80 bits per heavy atom. The van der Waals surface area contributed by atoms with E-state index < -0.39 is 18.0 Å². The average Bonchev–Trinajstić information content (AvgIpc) is 3.06. The van der Waals surface area contributed by atoms with E-state index in [0.29, 0.717) is 58.7 Å². The highest BCUT2D eigenvalue weighted by Crippen LogP contribution is 2.23. The molecule has 2 aromatic rings. The standard InChI is InChI=1S/C34H46N6O5/c1-24-9-11-28-20-27(24)22-36-32(42)29(12-10-25-6-3-2-4-7-25)37-33(43)30(38-34(44)39-17-14-35-15-18-39)21-31(41)40-16-5-8-26(23-40)13-19-45-28/h2-4,6-7,9,11,20,26,29-30,35H,5,8,10,12-19,21-23H2,1H3,(H,36,42)(H,37,43)(H,38,44)/t26?,29-,30-/m0/s1. The molecule has 4 N–H and O–H groups in total. The van der Waals surface area contributed by atoms with Crippen LogP contribution in [0, 0.1) is 12.8 Å². The van der Waals surface area contributed by atoms with Gasteiger partial charge >= 0.3 is 6.03 Å². The van der Waals surface area contributed by atoms with Crippen LogP contribution in [0.25, 0.3) is 0 Å². The van der Waals surface area contributed by atoms with Crippen molar-refractivity contribution in [3.05, 3.63) is 65.2 Å². The van der Waals surface area contributed by atoms with Crippen LogP contribution in [0.2, 0.25) is 0 Å². The van der Waals surface area contributed by atoms with Gasteiger partial charge in [-0.2, -0.15) is 0 Å². The smallest absolute Gasteiger partial charge is 0.318 e. The molecular weight excluding hydrogens is 572 g/mol. The van der Waals surface area contributed by atoms with E-state index in [1.54, 1.807) is 9.80 Å². The third-order valence-corrected chi connectivity index (χ3v) is 9.03. The van der Waals surface area contributed by atoms with Crippen molar-refractivity contribution < 1.29 is 23.9 Å². The summed E-state index contributed by atoms with van der Waals surface area (Å²) in [7, 11) is 0. The molecule has 4 bridgehead atoms. The van der Waals surface area contributed by atoms with Crippen molar-refractivity contribution in [2.45, 2.75) is 64.1 Å². The molecule has 0 aliphatic carbocycles. The van der Waals surface area contributed by atoms with Gasteiger partial charge in [0, 0.05) is 45.8 Å². The second-order valence-electron chi connectivity index (χ2n) is 12.3. The van der Waals surface area contributed by atoms with E-state index in [0.717, 1.165) is 41.7 Å². The van der Waals surface area contributed by atoms with Crippen molar-refractivity contribution in [1.82, 2.24) is 31.1 Å². The molecule has 0 radical (unpaired) electrons. The van der Waals surface area contributed by atoms with Crippen molar-refractivity contribution in [2.75, 3.05) is 45.9 Å². The summed E-state index contributed by atoms with van der Waals surface area (Å²) >= 11 is 0. The van der Waals surface area contributed by atoms with Crippen LogP contribution in [0.5, 0.6) is 5.75 Å². The van der Waals surface area contributed by atoms with Crippen LogP contribution >= 0.6 is 0 Å². The van der Waals surface area contributed by atoms with Crippen LogP contribution in [0.4, 0.5) is 4.79 Å². The quantitative estimate of drug-likeness (QED) is 0.415. The molecule has 0 spiro atoms. The molecule has 0 saturated carbocycles. The lowest BCUT2D eigenvalue weighted by molar-refractivity contribution is -0.137. The number of aryl methyl sites for hydroxylation is 2. The molecule has 3 aliphatic heterocycles. The number of carbonyl (C=O) groups excluding carboxylic acids is 4. The molecule has 3 aliphatic rings. The van der Waals surface area contributed by atoms with Crippen molar-refractivity contribution in [3.8, 4) is 5.75 Å². The van der Waals surface area contributed by atoms with Gasteiger partial charge in [0.1, 0.15) is 17.8 Å². The largest absolute Gasteiger partial charge is 0.494 e. The monoisotopic (exact) mass is 618 g/mol. The number of piperidine rings is 1. The van der Waals surface area contributed by atoms with Crippen molar-refractivity contribution in [2.24, 2.45) is 5.92 Å². The van der Waals surface area contributed by atoms with E-state index in [1.807, 2.05) is 55.5 Å². The Balaban J connectivity index is 1.40. The van der Waals surface area contributed by atoms with E-state index in [-0.39, 0.29) is 36.7 Å². The van der Waals surface area contributed by atoms with Gasteiger partial charge in [0.05, 0.1) is 13.0 Å². The van der Waals surface area contributed by atoms with Crippen LogP contribution in [0.15, 0.2) is 48.5 Å². The molecule has 2 aromatic carbocycles. The second kappa shape index (κ2) is 15.7. The number of amides is 5. The molecule has 45 heavy (non-hydrogen) atoms. The number of urea groups is 1. The summed E-state index contributed by atoms with van der Waals surface area (Å²) in [5.41, 5.74) is 3.00. The highest BCUT2D eigenvalue weighted by Gasteiger charge is 2.33. The van der Waals surface area contributed by atoms with Crippen LogP contribution < -0.4 is 26.0 Å². The van der Waals surface area contributed by atoms with E-state index in [2.05, 4.69) is 21.3 Å². The van der Waals surface area contributed by atoms with Gasteiger partial charge in [-0.15, -0.1) is 0 Å². The number of carbonyl (C=O) groups is 4. The Kier molecular flexibility index (Phi) is 11.3. The van der Waals surface area contributed by atoms with E-state index in [1.165, 1.54) is 0 Å². The molecular formula is C34H46N6O5. The van der Waals surface area contributed by atoms with Gasteiger partial charge in [0.25, 0.3) is 0 Å². The summed E-state index contributed by atoms with van der Waals surface area (Å²) in [5.74, 6) is -0.0247. The van der Waals surface area contributed by atoms with Crippen molar-refractivity contribution >= 4 is 23.8 Å². The molecule has 0 aromatic heterocycles. The van der Waals surface area contributed by atoms with Gasteiger partial charge in [-0.25, -0.2) is 4.79 Å². The zero-order valence-corrected chi connectivity index (χ0v) is 26.2. The summed E-state index contributed by atoms with van der Waals surface area (Å²) in [6.45, 7) is 6.32. The maximum absolute atomic E-state index is 13.9. The Morgan fingerprint density at radius 1 is 1.00 bits per heavy atom. The number of hydrogen-bond donors (Lipinski definition) is 4. The first kappa shape index (κ1) is 32.3. The SMILES string of the molecule is Cc1ccc2cc1CNC(=O)[C@H](CCc1ccccc1)NC(=O)[C@@H](NC(=O)N1CCNCC1)CC(=O)N1CCCC(CCO2)C1. The minimum Gasteiger partial charge on any atom is -0.494 e. The molecule has 2 saturated heterocycles. The van der Waals surface area contributed by atoms with Crippen molar-refractivity contribution in [3.63, 3.8) is 0 Å². The Labute approximate surface area is 265 Å². The van der Waals surface area contributed by atoms with Crippen LogP contribution in [-0.4, -0.2) is 91.5 Å². The summed E-state index contributed by atoms with van der Waals surface area (Å²) in [6.07, 6.45) is 3.42. The first-order valence-electron chi connectivity index (χ1n) is 16.2. The van der Waals surface area contributed by atoms with E-state index in [4.69, 9.17) is 4.74 Å². The lowest BCUT2D eigenvalue weighted by Crippen LogP contribution is -2.58. The number of rotatable bonds is 4. The lowest BCUT2D eigenvalue weighted by atomic mass is 9.94. The van der Waals surface area contributed by atoms with Crippen LogP contribution in [0.1, 0.15) is 48.8 Å². The number of nitrogens with zero attached hydrogens (tertiary/aromatic N) is 2. The van der Waals surface area contributed by atoms with Gasteiger partial charge in [0.15, 0.2) is 0 Å². The zero-order valence-electron chi connectivity index (χ0n) is 26.2. The summed E-state index contributed by atoms with van der Waals surface area (Å²) in [6, 6.07) is 13.3. The molecule has 3 atom stereocenters. The summed E-state index contributed by atoms with van der Waals surface area (Å²) in [4.78, 5) is 57.8. The van der Waals surface area contributed by atoms with Crippen LogP contribution in [-0.2, 0) is 27.3 Å². The minimum atomic E-state index is -1.12. The Morgan fingerprint density at radius 3 is 2.60 bits per heavy atom. The highest BCUT2D eigenvalue weighted by molar-refractivity contribution is 5.94. The molecule has 11 nitrogen and oxygen atoms in total. The fraction of sp³-hybridized carbons (Fsp3) is 0.529. The number of fused-ring (bicyclic) bond motifs is 4. The maximum atomic E-state index is 13.9. The zero-order chi connectivity index (χ0) is 31.6. The lowest BCUT2D eigenvalue weighted by Gasteiger charge is -2.34. The highest BCUT2D eigenvalue weighted by atomic mass is 16.5. The van der Waals surface area contributed by atoms with Gasteiger partial charge in [-0.1, -0.05) is 36.4 Å². The minimum absolute atomic E-state index is 0.177. The second-order valence-corrected chi connectivity index (χ2v) is 12.3. The normalized spacial score (nSPS) is 23.6. The van der Waals surface area contributed by atoms with Gasteiger partial charge in [-0.05, 0) is 73.8 Å². The number of hydrogen-bond acceptors (Lipinski definition) is 6. The summed E-state index contributed by atoms with van der Waals surface area (Å²) in [5, 5.41) is 12.0. The summed E-state index contributed by atoms with van der Waals surface area (Å²) < 4.78 is 6.10. The molecule has 5 amide bonds. The third-order valence-electron chi connectivity index (χ3n) is 9.03. The predicted molar refractivity (Wildman–Crippen MR) is 171 cm³/mol. The Hall–Kier alpha value is -4.12. The molecule has 5 rings (SSSR count).